The fraction of sp³-hybridized carbons (Fsp3) is 0.533. The molecule has 0 aliphatic heterocycles. The number of carbonyl (C=O) groups excluding carboxylic acids is 1. The predicted molar refractivity (Wildman–Crippen MR) is 77.1 cm³/mol. The lowest BCUT2D eigenvalue weighted by Crippen LogP contribution is -2.41. The number of methoxy groups -OCH3 is 1. The van der Waals surface area contributed by atoms with Gasteiger partial charge in [-0.15, -0.1) is 0 Å². The Bertz CT molecular complexity index is 407. The smallest absolute Gasteiger partial charge is 0.237 e. The molecule has 4 nitrogen and oxygen atoms in total. The third-order valence-electron chi connectivity index (χ3n) is 3.17. The molecule has 1 aromatic carbocycles. The molecule has 2 atom stereocenters. The van der Waals surface area contributed by atoms with E-state index in [1.807, 2.05) is 31.2 Å². The number of para-hydroxylation sites is 1. The number of unbranched alkanes of at least 4 members (excludes halogenated alkanes) is 1. The summed E-state index contributed by atoms with van der Waals surface area (Å²) in [5.41, 5.74) is 6.82. The third kappa shape index (κ3) is 4.56. The second-order valence-corrected chi connectivity index (χ2v) is 4.72. The molecule has 106 valence electrons. The van der Waals surface area contributed by atoms with Crippen LogP contribution in [0.1, 0.15) is 44.7 Å². The van der Waals surface area contributed by atoms with Crippen LogP contribution < -0.4 is 15.8 Å². The number of amides is 1. The largest absolute Gasteiger partial charge is 0.496 e. The Morgan fingerprint density at radius 3 is 2.74 bits per heavy atom. The standard InChI is InChI=1S/C15H24N2O2/c1-4-5-9-13(16)15(18)17-11(2)12-8-6-7-10-14(12)19-3/h6-8,10-11,13H,4-5,9,16H2,1-3H3,(H,17,18)/t11-,13?/m0/s1. The first-order valence-corrected chi connectivity index (χ1v) is 6.79. The maximum absolute atomic E-state index is 12.0. The zero-order chi connectivity index (χ0) is 14.3. The maximum atomic E-state index is 12.0. The van der Waals surface area contributed by atoms with Gasteiger partial charge in [-0.2, -0.15) is 0 Å². The highest BCUT2D eigenvalue weighted by Crippen LogP contribution is 2.24. The predicted octanol–water partition coefficient (Wildman–Crippen LogP) is 2.39. The number of benzene rings is 1. The molecule has 0 saturated heterocycles. The first-order valence-electron chi connectivity index (χ1n) is 6.79. The molecular formula is C15H24N2O2. The van der Waals surface area contributed by atoms with Crippen molar-refractivity contribution in [2.45, 2.75) is 45.2 Å². The Balaban J connectivity index is 2.63. The van der Waals surface area contributed by atoms with E-state index in [0.717, 1.165) is 30.6 Å². The summed E-state index contributed by atoms with van der Waals surface area (Å²) >= 11 is 0. The van der Waals surface area contributed by atoms with Crippen LogP contribution in [0.2, 0.25) is 0 Å². The van der Waals surface area contributed by atoms with E-state index in [0.29, 0.717) is 0 Å². The summed E-state index contributed by atoms with van der Waals surface area (Å²) in [5, 5.41) is 2.94. The van der Waals surface area contributed by atoms with Gasteiger partial charge in [-0.3, -0.25) is 4.79 Å². The summed E-state index contributed by atoms with van der Waals surface area (Å²) in [4.78, 5) is 12.0. The molecule has 19 heavy (non-hydrogen) atoms. The van der Waals surface area contributed by atoms with Crippen LogP contribution in [-0.4, -0.2) is 19.1 Å². The SMILES string of the molecule is CCCCC(N)C(=O)N[C@@H](C)c1ccccc1OC. The van der Waals surface area contributed by atoms with Crippen molar-refractivity contribution in [1.82, 2.24) is 5.32 Å². The minimum Gasteiger partial charge on any atom is -0.496 e. The minimum absolute atomic E-state index is 0.105. The first-order chi connectivity index (χ1) is 9.10. The number of nitrogens with one attached hydrogen (secondary N) is 1. The third-order valence-corrected chi connectivity index (χ3v) is 3.17. The van der Waals surface area contributed by atoms with Crippen molar-refractivity contribution in [2.24, 2.45) is 5.73 Å². The molecule has 4 heteroatoms. The Hall–Kier alpha value is -1.55. The summed E-state index contributed by atoms with van der Waals surface area (Å²) in [7, 11) is 1.63. The second-order valence-electron chi connectivity index (χ2n) is 4.72. The van der Waals surface area contributed by atoms with E-state index in [1.54, 1.807) is 7.11 Å². The second kappa shape index (κ2) is 7.79. The number of ether oxygens (including phenoxy) is 1. The van der Waals surface area contributed by atoms with E-state index in [9.17, 15) is 4.79 Å². The van der Waals surface area contributed by atoms with E-state index in [4.69, 9.17) is 10.5 Å². The van der Waals surface area contributed by atoms with Gasteiger partial charge in [0.25, 0.3) is 0 Å². The molecule has 1 rings (SSSR count). The summed E-state index contributed by atoms with van der Waals surface area (Å²) in [6.45, 7) is 4.02. The fourth-order valence-corrected chi connectivity index (χ4v) is 1.98. The van der Waals surface area contributed by atoms with Crippen LogP contribution in [0.25, 0.3) is 0 Å². The first kappa shape index (κ1) is 15.5. The topological polar surface area (TPSA) is 64.4 Å². The lowest BCUT2D eigenvalue weighted by atomic mass is 10.1. The number of nitrogens with two attached hydrogens (primary N) is 1. The fourth-order valence-electron chi connectivity index (χ4n) is 1.98. The Morgan fingerprint density at radius 2 is 2.11 bits per heavy atom. The minimum atomic E-state index is -0.433. The molecule has 0 bridgehead atoms. The number of hydrogen-bond acceptors (Lipinski definition) is 3. The van der Waals surface area contributed by atoms with Crippen LogP contribution in [0, 0.1) is 0 Å². The van der Waals surface area contributed by atoms with E-state index in [-0.39, 0.29) is 11.9 Å². The van der Waals surface area contributed by atoms with Crippen molar-refractivity contribution in [2.75, 3.05) is 7.11 Å². The van der Waals surface area contributed by atoms with Gasteiger partial charge < -0.3 is 15.8 Å². The van der Waals surface area contributed by atoms with Crippen LogP contribution in [0.3, 0.4) is 0 Å². The van der Waals surface area contributed by atoms with Gasteiger partial charge in [-0.05, 0) is 19.4 Å². The highest BCUT2D eigenvalue weighted by atomic mass is 16.5. The molecule has 3 N–H and O–H groups in total. The van der Waals surface area contributed by atoms with Gasteiger partial charge in [0.05, 0.1) is 19.2 Å². The lowest BCUT2D eigenvalue weighted by molar-refractivity contribution is -0.123. The van der Waals surface area contributed by atoms with Crippen molar-refractivity contribution >= 4 is 5.91 Å². The molecule has 0 fully saturated rings. The summed E-state index contributed by atoms with van der Waals surface area (Å²) in [5.74, 6) is 0.671. The van der Waals surface area contributed by atoms with Gasteiger partial charge in [0.2, 0.25) is 5.91 Å². The summed E-state index contributed by atoms with van der Waals surface area (Å²) < 4.78 is 5.29. The molecule has 0 saturated carbocycles. The van der Waals surface area contributed by atoms with E-state index in [1.165, 1.54) is 0 Å². The summed E-state index contributed by atoms with van der Waals surface area (Å²) in [6.07, 6.45) is 2.74. The average Bonchev–Trinajstić information content (AvgIpc) is 2.44. The summed E-state index contributed by atoms with van der Waals surface area (Å²) in [6, 6.07) is 7.12. The van der Waals surface area contributed by atoms with Gasteiger partial charge >= 0.3 is 0 Å². The number of hydrogen-bond donors (Lipinski definition) is 2. The van der Waals surface area contributed by atoms with Crippen LogP contribution in [0.15, 0.2) is 24.3 Å². The van der Waals surface area contributed by atoms with Crippen molar-refractivity contribution in [1.29, 1.82) is 0 Å². The van der Waals surface area contributed by atoms with E-state index >= 15 is 0 Å². The molecule has 0 radical (unpaired) electrons. The number of carbonyl (C=O) groups is 1. The molecular weight excluding hydrogens is 240 g/mol. The quantitative estimate of drug-likeness (QED) is 0.794. The van der Waals surface area contributed by atoms with Crippen molar-refractivity contribution in [3.8, 4) is 5.75 Å². The molecule has 0 spiro atoms. The van der Waals surface area contributed by atoms with Gasteiger partial charge in [0.1, 0.15) is 5.75 Å². The van der Waals surface area contributed by atoms with E-state index < -0.39 is 6.04 Å². The van der Waals surface area contributed by atoms with Crippen LogP contribution in [0.4, 0.5) is 0 Å². The molecule has 0 aliphatic rings. The van der Waals surface area contributed by atoms with Crippen LogP contribution in [0.5, 0.6) is 5.75 Å². The average molecular weight is 264 g/mol. The molecule has 1 aromatic rings. The Kier molecular flexibility index (Phi) is 6.36. The van der Waals surface area contributed by atoms with Crippen molar-refractivity contribution < 1.29 is 9.53 Å². The lowest BCUT2D eigenvalue weighted by Gasteiger charge is -2.19. The molecule has 1 amide bonds. The number of rotatable bonds is 7. The molecule has 0 aliphatic carbocycles. The van der Waals surface area contributed by atoms with Crippen molar-refractivity contribution in [3.63, 3.8) is 0 Å². The Morgan fingerprint density at radius 1 is 1.42 bits per heavy atom. The monoisotopic (exact) mass is 264 g/mol. The van der Waals surface area contributed by atoms with Gasteiger partial charge in [-0.25, -0.2) is 0 Å². The van der Waals surface area contributed by atoms with Crippen molar-refractivity contribution in [3.05, 3.63) is 29.8 Å². The maximum Gasteiger partial charge on any atom is 0.237 e. The van der Waals surface area contributed by atoms with E-state index in [2.05, 4.69) is 12.2 Å². The molecule has 0 heterocycles. The molecule has 1 unspecified atom stereocenters. The Labute approximate surface area is 115 Å². The van der Waals surface area contributed by atoms with Gasteiger partial charge in [0.15, 0.2) is 0 Å². The van der Waals surface area contributed by atoms with Crippen LogP contribution >= 0.6 is 0 Å². The van der Waals surface area contributed by atoms with Crippen LogP contribution in [-0.2, 0) is 4.79 Å². The molecule has 0 aromatic heterocycles. The van der Waals surface area contributed by atoms with Gasteiger partial charge in [0, 0.05) is 5.56 Å². The van der Waals surface area contributed by atoms with Gasteiger partial charge in [-0.1, -0.05) is 38.0 Å². The normalized spacial score (nSPS) is 13.7. The highest BCUT2D eigenvalue weighted by molar-refractivity contribution is 5.81. The zero-order valence-electron chi connectivity index (χ0n) is 12.0. The zero-order valence-corrected chi connectivity index (χ0v) is 12.0. The highest BCUT2D eigenvalue weighted by Gasteiger charge is 2.17.